The van der Waals surface area contributed by atoms with E-state index >= 15 is 0 Å². The minimum absolute atomic E-state index is 0.0386. The molecule has 0 N–H and O–H groups in total. The summed E-state index contributed by atoms with van der Waals surface area (Å²) in [5.74, 6) is -0.389. The SMILES string of the molecule is CCCC(OC)C(=O)C(C)CC(=O)Cl. The number of halogens is 1. The second-order valence-corrected chi connectivity index (χ2v) is 3.80. The highest BCUT2D eigenvalue weighted by Crippen LogP contribution is 2.13. The van der Waals surface area contributed by atoms with Crippen molar-refractivity contribution in [2.24, 2.45) is 5.92 Å². The lowest BCUT2D eigenvalue weighted by atomic mass is 9.96. The summed E-state index contributed by atoms with van der Waals surface area (Å²) in [6.45, 7) is 3.68. The number of ether oxygens (including phenoxy) is 1. The van der Waals surface area contributed by atoms with Crippen LogP contribution in [0.1, 0.15) is 33.1 Å². The predicted octanol–water partition coefficient (Wildman–Crippen LogP) is 2.16. The van der Waals surface area contributed by atoms with Crippen molar-refractivity contribution in [2.75, 3.05) is 7.11 Å². The van der Waals surface area contributed by atoms with Gasteiger partial charge in [-0.25, -0.2) is 0 Å². The molecule has 0 aliphatic rings. The zero-order valence-electron chi connectivity index (χ0n) is 8.88. The Morgan fingerprint density at radius 1 is 1.43 bits per heavy atom. The summed E-state index contributed by atoms with van der Waals surface area (Å²) in [5, 5.41) is -0.475. The Morgan fingerprint density at radius 3 is 2.36 bits per heavy atom. The second-order valence-electron chi connectivity index (χ2n) is 3.38. The van der Waals surface area contributed by atoms with Crippen LogP contribution in [-0.2, 0) is 14.3 Å². The van der Waals surface area contributed by atoms with E-state index in [1.54, 1.807) is 6.92 Å². The average Bonchev–Trinajstić information content (AvgIpc) is 2.12. The largest absolute Gasteiger partial charge is 0.374 e. The molecule has 0 saturated carbocycles. The Kier molecular flexibility index (Phi) is 6.75. The van der Waals surface area contributed by atoms with Gasteiger partial charge in [0.15, 0.2) is 5.78 Å². The number of carbonyl (C=O) groups is 2. The fourth-order valence-corrected chi connectivity index (χ4v) is 1.53. The fraction of sp³-hybridized carbons (Fsp3) is 0.800. The number of Topliss-reactive ketones (excluding diaryl/α,β-unsaturated/α-hetero) is 1. The summed E-state index contributed by atoms with van der Waals surface area (Å²) in [6.07, 6.45) is 1.26. The van der Waals surface area contributed by atoms with Crippen LogP contribution in [0.2, 0.25) is 0 Å². The van der Waals surface area contributed by atoms with E-state index in [1.807, 2.05) is 6.92 Å². The van der Waals surface area contributed by atoms with Gasteiger partial charge in [-0.1, -0.05) is 20.3 Å². The molecule has 0 aromatic rings. The molecule has 3 nitrogen and oxygen atoms in total. The van der Waals surface area contributed by atoms with Gasteiger partial charge in [0.1, 0.15) is 6.10 Å². The van der Waals surface area contributed by atoms with E-state index < -0.39 is 11.3 Å². The predicted molar refractivity (Wildman–Crippen MR) is 55.4 cm³/mol. The minimum Gasteiger partial charge on any atom is -0.374 e. The molecule has 0 heterocycles. The Labute approximate surface area is 89.8 Å². The van der Waals surface area contributed by atoms with E-state index in [0.717, 1.165) is 6.42 Å². The third kappa shape index (κ3) is 4.72. The van der Waals surface area contributed by atoms with Crippen LogP contribution in [0.3, 0.4) is 0 Å². The van der Waals surface area contributed by atoms with Gasteiger partial charge in [-0.15, -0.1) is 0 Å². The van der Waals surface area contributed by atoms with E-state index in [2.05, 4.69) is 0 Å². The molecule has 0 spiro atoms. The van der Waals surface area contributed by atoms with Gasteiger partial charge in [0, 0.05) is 19.4 Å². The van der Waals surface area contributed by atoms with Gasteiger partial charge < -0.3 is 4.74 Å². The van der Waals surface area contributed by atoms with E-state index in [0.29, 0.717) is 6.42 Å². The smallest absolute Gasteiger partial charge is 0.222 e. The molecule has 0 amide bonds. The molecule has 0 aromatic heterocycles. The van der Waals surface area contributed by atoms with Crippen LogP contribution in [0.5, 0.6) is 0 Å². The Hall–Kier alpha value is -0.410. The third-order valence-electron chi connectivity index (χ3n) is 2.11. The third-order valence-corrected chi connectivity index (χ3v) is 2.26. The maximum atomic E-state index is 11.7. The Balaban J connectivity index is 4.19. The number of hydrogen-bond acceptors (Lipinski definition) is 3. The monoisotopic (exact) mass is 220 g/mol. The first kappa shape index (κ1) is 13.6. The van der Waals surface area contributed by atoms with Crippen molar-refractivity contribution in [1.82, 2.24) is 0 Å². The Morgan fingerprint density at radius 2 is 2.00 bits per heavy atom. The van der Waals surface area contributed by atoms with Gasteiger partial charge in [-0.05, 0) is 18.0 Å². The lowest BCUT2D eigenvalue weighted by Crippen LogP contribution is -2.29. The molecule has 0 aliphatic heterocycles. The molecular weight excluding hydrogens is 204 g/mol. The van der Waals surface area contributed by atoms with E-state index in [9.17, 15) is 9.59 Å². The van der Waals surface area contributed by atoms with Gasteiger partial charge >= 0.3 is 0 Å². The van der Waals surface area contributed by atoms with Crippen molar-refractivity contribution >= 4 is 22.6 Å². The first-order chi connectivity index (χ1) is 6.52. The van der Waals surface area contributed by atoms with Crippen molar-refractivity contribution in [3.8, 4) is 0 Å². The lowest BCUT2D eigenvalue weighted by Gasteiger charge is -2.16. The second kappa shape index (κ2) is 6.96. The van der Waals surface area contributed by atoms with Crippen molar-refractivity contribution in [2.45, 2.75) is 39.2 Å². The highest BCUT2D eigenvalue weighted by atomic mass is 35.5. The quantitative estimate of drug-likeness (QED) is 0.618. The number of ketones is 1. The van der Waals surface area contributed by atoms with Crippen molar-refractivity contribution in [3.63, 3.8) is 0 Å². The summed E-state index contributed by atoms with van der Waals surface area (Å²) in [6, 6.07) is 0. The standard InChI is InChI=1S/C10H17ClO3/c1-4-5-8(14-3)10(13)7(2)6-9(11)12/h7-8H,4-6H2,1-3H3. The Bertz CT molecular complexity index is 204. The number of methoxy groups -OCH3 is 1. The molecular formula is C10H17ClO3. The average molecular weight is 221 g/mol. The summed E-state index contributed by atoms with van der Waals surface area (Å²) in [7, 11) is 1.51. The number of rotatable bonds is 7. The highest BCUT2D eigenvalue weighted by Gasteiger charge is 2.24. The normalized spacial score (nSPS) is 14.9. The molecule has 14 heavy (non-hydrogen) atoms. The highest BCUT2D eigenvalue weighted by molar-refractivity contribution is 6.63. The molecule has 0 rings (SSSR count). The molecule has 4 heteroatoms. The molecule has 82 valence electrons. The van der Waals surface area contributed by atoms with Crippen LogP contribution < -0.4 is 0 Å². The zero-order valence-corrected chi connectivity index (χ0v) is 9.63. The molecule has 0 radical (unpaired) electrons. The summed E-state index contributed by atoms with van der Waals surface area (Å²) in [5.41, 5.74) is 0. The van der Waals surface area contributed by atoms with Crippen molar-refractivity contribution in [1.29, 1.82) is 0 Å². The first-order valence-corrected chi connectivity index (χ1v) is 5.15. The maximum absolute atomic E-state index is 11.7. The van der Waals surface area contributed by atoms with Crippen LogP contribution >= 0.6 is 11.6 Å². The molecule has 0 bridgehead atoms. The molecule has 0 fully saturated rings. The zero-order chi connectivity index (χ0) is 11.1. The van der Waals surface area contributed by atoms with Crippen molar-refractivity contribution < 1.29 is 14.3 Å². The molecule has 0 aromatic carbocycles. The van der Waals surface area contributed by atoms with Crippen LogP contribution in [0.25, 0.3) is 0 Å². The molecule has 2 atom stereocenters. The van der Waals surface area contributed by atoms with Crippen LogP contribution in [0, 0.1) is 5.92 Å². The van der Waals surface area contributed by atoms with Crippen LogP contribution in [0.15, 0.2) is 0 Å². The van der Waals surface area contributed by atoms with Crippen LogP contribution in [0.4, 0.5) is 0 Å². The van der Waals surface area contributed by atoms with E-state index in [1.165, 1.54) is 7.11 Å². The van der Waals surface area contributed by atoms with Gasteiger partial charge in [-0.2, -0.15) is 0 Å². The molecule has 2 unspecified atom stereocenters. The van der Waals surface area contributed by atoms with Crippen molar-refractivity contribution in [3.05, 3.63) is 0 Å². The van der Waals surface area contributed by atoms with Gasteiger partial charge in [0.2, 0.25) is 5.24 Å². The van der Waals surface area contributed by atoms with E-state index in [4.69, 9.17) is 16.3 Å². The summed E-state index contributed by atoms with van der Waals surface area (Å²) in [4.78, 5) is 22.3. The first-order valence-electron chi connectivity index (χ1n) is 4.77. The van der Waals surface area contributed by atoms with Gasteiger partial charge in [0.05, 0.1) is 0 Å². The van der Waals surface area contributed by atoms with Gasteiger partial charge in [-0.3, -0.25) is 9.59 Å². The number of carbonyl (C=O) groups excluding carboxylic acids is 2. The lowest BCUT2D eigenvalue weighted by molar-refractivity contribution is -0.134. The molecule has 0 aliphatic carbocycles. The van der Waals surface area contributed by atoms with Crippen LogP contribution in [-0.4, -0.2) is 24.2 Å². The fourth-order valence-electron chi connectivity index (χ4n) is 1.30. The molecule has 0 saturated heterocycles. The maximum Gasteiger partial charge on any atom is 0.222 e. The summed E-state index contributed by atoms with van der Waals surface area (Å²) < 4.78 is 5.05. The van der Waals surface area contributed by atoms with E-state index in [-0.39, 0.29) is 18.1 Å². The number of hydrogen-bond donors (Lipinski definition) is 0. The van der Waals surface area contributed by atoms with Gasteiger partial charge in [0.25, 0.3) is 0 Å². The topological polar surface area (TPSA) is 43.4 Å². The summed E-state index contributed by atoms with van der Waals surface area (Å²) >= 11 is 5.21. The minimum atomic E-state index is -0.475.